The topological polar surface area (TPSA) is 128 Å². The number of methoxy groups -OCH3 is 1. The van der Waals surface area contributed by atoms with E-state index in [2.05, 4.69) is 0 Å². The number of carbonyl (C=O) groups is 1. The van der Waals surface area contributed by atoms with Gasteiger partial charge in [-0.1, -0.05) is 0 Å². The molecule has 110 valence electrons. The molecule has 1 aromatic rings. The second-order valence-corrected chi connectivity index (χ2v) is 3.97. The fourth-order valence-corrected chi connectivity index (χ4v) is 1.48. The molecule has 0 fully saturated rings. The van der Waals surface area contributed by atoms with Gasteiger partial charge in [0, 0.05) is 11.8 Å². The van der Waals surface area contributed by atoms with E-state index in [4.69, 9.17) is 20.5 Å². The van der Waals surface area contributed by atoms with Crippen LogP contribution < -0.4 is 15.2 Å². The Bertz CT molecular complexity index is 642. The number of nitrogens with two attached hydrogens (primary N) is 1. The van der Waals surface area contributed by atoms with Gasteiger partial charge in [-0.2, -0.15) is 5.26 Å². The van der Waals surface area contributed by atoms with Crippen molar-refractivity contribution in [2.75, 3.05) is 13.7 Å². The van der Waals surface area contributed by atoms with Gasteiger partial charge >= 0.3 is 0 Å². The van der Waals surface area contributed by atoms with Gasteiger partial charge in [0.25, 0.3) is 5.69 Å². The van der Waals surface area contributed by atoms with E-state index in [0.29, 0.717) is 0 Å². The van der Waals surface area contributed by atoms with Crippen LogP contribution in [0.5, 0.6) is 11.5 Å². The average molecular weight is 291 g/mol. The summed E-state index contributed by atoms with van der Waals surface area (Å²) in [5.74, 6) is -0.349. The van der Waals surface area contributed by atoms with Crippen molar-refractivity contribution in [1.29, 1.82) is 5.26 Å². The third-order valence-corrected chi connectivity index (χ3v) is 2.50. The molecule has 8 heteroatoms. The molecule has 0 atom stereocenters. The average Bonchev–Trinajstić information content (AvgIpc) is 2.44. The van der Waals surface area contributed by atoms with Crippen LogP contribution in [0.1, 0.15) is 6.92 Å². The number of hydrogen-bond donors (Lipinski definition) is 1. The molecule has 0 spiro atoms. The van der Waals surface area contributed by atoms with Gasteiger partial charge in [-0.05, 0) is 13.0 Å². The van der Waals surface area contributed by atoms with Gasteiger partial charge in [0.1, 0.15) is 11.6 Å². The lowest BCUT2D eigenvalue weighted by molar-refractivity contribution is -0.385. The Morgan fingerprint density at radius 2 is 2.14 bits per heavy atom. The number of ketones is 1. The highest BCUT2D eigenvalue weighted by Crippen LogP contribution is 2.31. The van der Waals surface area contributed by atoms with Gasteiger partial charge < -0.3 is 15.2 Å². The highest BCUT2D eigenvalue weighted by Gasteiger charge is 2.16. The number of nitro benzene ring substituents is 1. The maximum absolute atomic E-state index is 11.7. The molecule has 0 aliphatic rings. The predicted molar refractivity (Wildman–Crippen MR) is 72.7 cm³/mol. The number of nitro groups is 1. The molecule has 0 saturated carbocycles. The van der Waals surface area contributed by atoms with E-state index in [9.17, 15) is 14.9 Å². The molecule has 0 heterocycles. The monoisotopic (exact) mass is 291 g/mol. The fourth-order valence-electron chi connectivity index (χ4n) is 1.48. The molecule has 21 heavy (non-hydrogen) atoms. The minimum absolute atomic E-state index is 0.0343. The van der Waals surface area contributed by atoms with Crippen molar-refractivity contribution in [1.82, 2.24) is 0 Å². The maximum atomic E-state index is 11.7. The van der Waals surface area contributed by atoms with Crippen LogP contribution in [-0.4, -0.2) is 24.4 Å². The molecule has 0 aromatic heterocycles. The summed E-state index contributed by atoms with van der Waals surface area (Å²) < 4.78 is 10.2. The molecule has 0 radical (unpaired) electrons. The van der Waals surface area contributed by atoms with Crippen LogP contribution in [-0.2, 0) is 4.79 Å². The first-order valence-electron chi connectivity index (χ1n) is 5.75. The zero-order valence-electron chi connectivity index (χ0n) is 11.5. The lowest BCUT2D eigenvalue weighted by Crippen LogP contribution is -2.16. The largest absolute Gasteiger partial charge is 0.493 e. The van der Waals surface area contributed by atoms with Crippen LogP contribution >= 0.6 is 0 Å². The summed E-state index contributed by atoms with van der Waals surface area (Å²) in [5, 5.41) is 19.5. The van der Waals surface area contributed by atoms with Gasteiger partial charge in [-0.3, -0.25) is 14.9 Å². The van der Waals surface area contributed by atoms with Crippen LogP contribution in [0, 0.1) is 21.4 Å². The van der Waals surface area contributed by atoms with Gasteiger partial charge in [-0.25, -0.2) is 0 Å². The standard InChI is InChI=1S/C13H13N3O5/c1-8(15)10(6-14)11(17)7-21-13-5-9(16(18)19)3-4-12(13)20-2/h3-5H,7,15H2,1-2H3/b10-8+. The summed E-state index contributed by atoms with van der Waals surface area (Å²) in [4.78, 5) is 21.9. The van der Waals surface area contributed by atoms with Crippen LogP contribution in [0.4, 0.5) is 5.69 Å². The van der Waals surface area contributed by atoms with Crippen LogP contribution in [0.15, 0.2) is 29.5 Å². The van der Waals surface area contributed by atoms with Crippen molar-refractivity contribution in [2.45, 2.75) is 6.92 Å². The zero-order valence-corrected chi connectivity index (χ0v) is 11.5. The van der Waals surface area contributed by atoms with E-state index in [1.165, 1.54) is 26.2 Å². The van der Waals surface area contributed by atoms with E-state index in [1.54, 1.807) is 6.07 Å². The number of benzene rings is 1. The van der Waals surface area contributed by atoms with Crippen molar-refractivity contribution in [2.24, 2.45) is 5.73 Å². The Kier molecular flexibility index (Phi) is 5.25. The highest BCUT2D eigenvalue weighted by atomic mass is 16.6. The minimum atomic E-state index is -0.619. The van der Waals surface area contributed by atoms with E-state index < -0.39 is 17.3 Å². The second-order valence-electron chi connectivity index (χ2n) is 3.97. The van der Waals surface area contributed by atoms with Crippen molar-refractivity contribution in [3.8, 4) is 17.6 Å². The Labute approximate surface area is 120 Å². The predicted octanol–water partition coefficient (Wildman–Crippen LogP) is 1.31. The molecule has 2 N–H and O–H groups in total. The summed E-state index contributed by atoms with van der Waals surface area (Å²) in [7, 11) is 1.36. The van der Waals surface area contributed by atoms with Gasteiger partial charge in [0.15, 0.2) is 18.1 Å². The first-order chi connectivity index (χ1) is 9.90. The van der Waals surface area contributed by atoms with Gasteiger partial charge in [-0.15, -0.1) is 0 Å². The number of allylic oxidation sites excluding steroid dienone is 1. The highest BCUT2D eigenvalue weighted by molar-refractivity contribution is 6.00. The molecule has 0 aliphatic carbocycles. The van der Waals surface area contributed by atoms with Crippen LogP contribution in [0.25, 0.3) is 0 Å². The number of nitriles is 1. The number of rotatable bonds is 6. The molecule has 0 saturated heterocycles. The summed E-state index contributed by atoms with van der Waals surface area (Å²) >= 11 is 0. The Morgan fingerprint density at radius 3 is 2.62 bits per heavy atom. The van der Waals surface area contributed by atoms with Crippen LogP contribution in [0.2, 0.25) is 0 Å². The summed E-state index contributed by atoms with van der Waals surface area (Å²) in [6.45, 7) is 0.944. The van der Waals surface area contributed by atoms with Crippen molar-refractivity contribution in [3.63, 3.8) is 0 Å². The first kappa shape index (κ1) is 16.0. The number of ether oxygens (including phenoxy) is 2. The quantitative estimate of drug-likeness (QED) is 0.362. The molecular formula is C13H13N3O5. The van der Waals surface area contributed by atoms with E-state index >= 15 is 0 Å². The number of hydrogen-bond acceptors (Lipinski definition) is 7. The first-order valence-corrected chi connectivity index (χ1v) is 5.75. The second kappa shape index (κ2) is 6.91. The normalized spacial score (nSPS) is 11.1. The molecule has 0 amide bonds. The molecule has 0 unspecified atom stereocenters. The lowest BCUT2D eigenvalue weighted by atomic mass is 10.1. The zero-order chi connectivity index (χ0) is 16.0. The molecule has 1 rings (SSSR count). The molecule has 8 nitrogen and oxygen atoms in total. The fraction of sp³-hybridized carbons (Fsp3) is 0.231. The number of Topliss-reactive ketones (excluding diaryl/α,β-unsaturated/α-hetero) is 1. The van der Waals surface area contributed by atoms with Crippen molar-refractivity contribution < 1.29 is 19.2 Å². The van der Waals surface area contributed by atoms with Gasteiger partial charge in [0.2, 0.25) is 5.78 Å². The number of nitrogens with zero attached hydrogens (tertiary/aromatic N) is 2. The SMILES string of the molecule is COc1ccc([N+](=O)[O-])cc1OCC(=O)/C(C#N)=C(\C)N. The van der Waals surface area contributed by atoms with E-state index in [1.807, 2.05) is 0 Å². The number of non-ortho nitro benzene ring substituents is 1. The third kappa shape index (κ3) is 3.94. The van der Waals surface area contributed by atoms with Gasteiger partial charge in [0.05, 0.1) is 18.1 Å². The van der Waals surface area contributed by atoms with E-state index in [0.717, 1.165) is 6.07 Å². The Balaban J connectivity index is 2.96. The third-order valence-electron chi connectivity index (χ3n) is 2.50. The summed E-state index contributed by atoms with van der Waals surface area (Å²) in [5.41, 5.74) is 5.07. The summed E-state index contributed by atoms with van der Waals surface area (Å²) in [6.07, 6.45) is 0. The Hall–Kier alpha value is -3.08. The van der Waals surface area contributed by atoms with Crippen LogP contribution in [0.3, 0.4) is 0 Å². The molecular weight excluding hydrogens is 278 g/mol. The molecule has 1 aromatic carbocycles. The number of carbonyl (C=O) groups excluding carboxylic acids is 1. The van der Waals surface area contributed by atoms with Crippen molar-refractivity contribution >= 4 is 11.5 Å². The smallest absolute Gasteiger partial charge is 0.273 e. The molecule has 0 aliphatic heterocycles. The van der Waals surface area contributed by atoms with Crippen molar-refractivity contribution in [3.05, 3.63) is 39.6 Å². The lowest BCUT2D eigenvalue weighted by Gasteiger charge is -2.09. The van der Waals surface area contributed by atoms with E-state index in [-0.39, 0.29) is 28.5 Å². The minimum Gasteiger partial charge on any atom is -0.493 e. The molecule has 0 bridgehead atoms. The maximum Gasteiger partial charge on any atom is 0.273 e. The Morgan fingerprint density at radius 1 is 1.48 bits per heavy atom. The summed E-state index contributed by atoms with van der Waals surface area (Å²) in [6, 6.07) is 5.42.